The van der Waals surface area contributed by atoms with Crippen molar-refractivity contribution in [3.63, 3.8) is 0 Å². The number of hydrogen-bond donors (Lipinski definition) is 11. The number of aliphatic hydroxyl groups is 9. The van der Waals surface area contributed by atoms with Crippen molar-refractivity contribution in [1.82, 2.24) is 0 Å². The summed E-state index contributed by atoms with van der Waals surface area (Å²) in [4.78, 5) is 40.6. The number of aromatic carboxylic acids is 2. The van der Waals surface area contributed by atoms with E-state index < -0.39 is 77.5 Å². The molecule has 21 nitrogen and oxygen atoms in total. The van der Waals surface area contributed by atoms with E-state index in [0.717, 1.165) is 12.1 Å². The Morgan fingerprint density at radius 1 is 0.648 bits per heavy atom. The SMILES string of the molecule is COC(O)c1cc(C(=O)O)cc(C(O)O)c1.O=C(O)c1cc(C(O)O)cc(C2OOO2)c1.O=COc1cc(C(O)O)cc(C(O)O)c1.[CH3-].[O]=[U]=[O].[U].[U].[U]. The Labute approximate surface area is 391 Å². The third-order valence-corrected chi connectivity index (χ3v) is 5.81. The fourth-order valence-electron chi connectivity index (χ4n) is 3.57. The maximum atomic E-state index is 10.8. The van der Waals surface area contributed by atoms with Gasteiger partial charge < -0.3 is 73.1 Å². The number of rotatable bonds is 11. The van der Waals surface area contributed by atoms with Gasteiger partial charge in [-0.05, 0) is 54.6 Å². The predicted molar refractivity (Wildman–Crippen MR) is 154 cm³/mol. The molecule has 25 heteroatoms. The third kappa shape index (κ3) is 21.2. The van der Waals surface area contributed by atoms with Gasteiger partial charge >= 0.3 is 44.2 Å². The van der Waals surface area contributed by atoms with E-state index in [4.69, 9.17) is 55.5 Å². The second-order valence-corrected chi connectivity index (χ2v) is 9.89. The molecule has 54 heavy (non-hydrogen) atoms. The molecule has 11 N–H and O–H groups in total. The van der Waals surface area contributed by atoms with Crippen molar-refractivity contribution < 1.29 is 220 Å². The summed E-state index contributed by atoms with van der Waals surface area (Å²) in [7, 11) is 1.24. The van der Waals surface area contributed by atoms with Crippen molar-refractivity contribution >= 4 is 18.4 Å². The van der Waals surface area contributed by atoms with Crippen LogP contribution in [0, 0.1) is 129 Å². The van der Waals surface area contributed by atoms with Crippen LogP contribution in [0.25, 0.3) is 0 Å². The maximum absolute atomic E-state index is 10.8. The normalized spacial score (nSPS) is 11.7. The summed E-state index contributed by atoms with van der Waals surface area (Å²) in [6, 6.07) is 10.9. The quantitative estimate of drug-likeness (QED) is 0.0507. The van der Waals surface area contributed by atoms with Crippen LogP contribution >= 0.6 is 0 Å². The fraction of sp³-hybridized carbons (Fsp3) is 0.241. The van der Waals surface area contributed by atoms with Crippen LogP contribution in [-0.2, 0) is 28.8 Å². The van der Waals surface area contributed by atoms with Crippen LogP contribution in [0.1, 0.15) is 91.8 Å². The first-order chi connectivity index (χ1) is 23.5. The summed E-state index contributed by atoms with van der Waals surface area (Å²) in [6.45, 7) is 0.149. The second-order valence-electron chi connectivity index (χ2n) is 9.19. The second kappa shape index (κ2) is 31.4. The minimum Gasteiger partial charge on any atom is 0 e. The Balaban J connectivity index is -0.000000323. The van der Waals surface area contributed by atoms with E-state index in [1.807, 2.05) is 0 Å². The molecule has 1 aliphatic heterocycles. The number of hydrogen-bond acceptors (Lipinski definition) is 19. The maximum Gasteiger partial charge on any atom is 0 e. The minimum absolute atomic E-state index is 0. The molecule has 0 saturated carbocycles. The molecule has 1 fully saturated rings. The molecule has 292 valence electrons. The molecule has 0 aromatic heterocycles. The average Bonchev–Trinajstić information content (AvgIpc) is 3.04. The van der Waals surface area contributed by atoms with Gasteiger partial charge in [0.1, 0.15) is 5.75 Å². The van der Waals surface area contributed by atoms with Gasteiger partial charge in [-0.1, -0.05) is 5.04 Å². The molecule has 3 aromatic carbocycles. The van der Waals surface area contributed by atoms with E-state index in [1.165, 1.54) is 49.6 Å². The Hall–Kier alpha value is -0.642. The molecule has 1 heterocycles. The van der Waals surface area contributed by atoms with E-state index in [2.05, 4.69) is 24.3 Å². The largest absolute Gasteiger partial charge is 0 e. The minimum atomic E-state index is -2.51. The zero-order valence-corrected chi connectivity index (χ0v) is 44.4. The number of carboxylic acid groups (broad SMARTS) is 2. The van der Waals surface area contributed by atoms with Gasteiger partial charge in [-0.25, -0.2) is 9.59 Å². The number of methoxy groups -OCH3 is 1. The van der Waals surface area contributed by atoms with Crippen LogP contribution in [-0.4, -0.2) is 81.7 Å². The third-order valence-electron chi connectivity index (χ3n) is 5.81. The first kappa shape index (κ1) is 60.0. The van der Waals surface area contributed by atoms with Crippen molar-refractivity contribution in [2.75, 3.05) is 7.11 Å². The van der Waals surface area contributed by atoms with Crippen LogP contribution in [0.15, 0.2) is 54.6 Å². The Morgan fingerprint density at radius 3 is 1.33 bits per heavy atom. The molecule has 1 unspecified atom stereocenters. The topological polar surface area (TPSA) is 354 Å². The van der Waals surface area contributed by atoms with E-state index in [0.29, 0.717) is 5.56 Å². The number of aliphatic hydroxyl groups excluding tert-OH is 5. The molecular weight excluding hydrogens is 1640 g/mol. The summed E-state index contributed by atoms with van der Waals surface area (Å²) in [5, 5.41) is 102. The molecule has 0 bridgehead atoms. The van der Waals surface area contributed by atoms with Gasteiger partial charge in [0.15, 0.2) is 31.5 Å². The number of carbonyl (C=O) groups is 3. The molecule has 0 amide bonds. The monoisotopic (exact) mass is 1670 g/mol. The van der Waals surface area contributed by atoms with Crippen LogP contribution in [0.2, 0.25) is 0 Å². The van der Waals surface area contributed by atoms with Crippen molar-refractivity contribution in [2.24, 2.45) is 0 Å². The zero-order chi connectivity index (χ0) is 38.1. The van der Waals surface area contributed by atoms with Gasteiger partial charge in [-0.2, -0.15) is 9.78 Å². The summed E-state index contributed by atoms with van der Waals surface area (Å²) < 4.78 is 26.2. The van der Waals surface area contributed by atoms with Gasteiger partial charge in [-0.3, -0.25) is 4.79 Å². The predicted octanol–water partition coefficient (Wildman–Crippen LogP) is -0.334. The Kier molecular flexibility index (Phi) is 34.9. The van der Waals surface area contributed by atoms with Gasteiger partial charge in [0.05, 0.1) is 11.1 Å². The van der Waals surface area contributed by atoms with Crippen LogP contribution in [0.4, 0.5) is 0 Å². The van der Waals surface area contributed by atoms with E-state index in [1.54, 1.807) is 0 Å². The fourth-order valence-corrected chi connectivity index (χ4v) is 3.57. The van der Waals surface area contributed by atoms with Gasteiger partial charge in [0, 0.05) is 134 Å². The van der Waals surface area contributed by atoms with Crippen LogP contribution < -0.4 is 4.74 Å². The van der Waals surface area contributed by atoms with E-state index in [9.17, 15) is 19.5 Å². The zero-order valence-electron chi connectivity index (χ0n) is 27.7. The standard InChI is InChI=1S/C10H12O6.C9H8O7.C9H10O6.CH3.2O.4U/c1-16-10(15)7-3-5(8(11)12)2-6(4-7)9(13)14;10-7(11)4-1-5(8(12)13)3-6(2-4)9-14-16-15-9;10-4-15-7-2-5(8(11)12)1-6(3-7)9(13)14;;;;;;;/h2-4,8,10-12,15H,1H3,(H,13,14);1-3,7,9-11H,(H,12,13);1-4,8-9,11-14H;1H3;;;;;;/q;;;-1;;;;;;. The molecular formula is C29H33O21U4-. The van der Waals surface area contributed by atoms with Crippen molar-refractivity contribution in [2.45, 2.75) is 37.7 Å². The molecule has 1 aliphatic rings. The van der Waals surface area contributed by atoms with E-state index in [-0.39, 0.29) is 152 Å². The number of carbonyl (C=O) groups excluding carboxylic acids is 1. The van der Waals surface area contributed by atoms with Crippen molar-refractivity contribution in [3.8, 4) is 5.75 Å². The molecule has 1 saturated heterocycles. The molecule has 0 spiro atoms. The molecule has 1 atom stereocenters. The average molecular weight is 1670 g/mol. The molecule has 0 aliphatic carbocycles. The van der Waals surface area contributed by atoms with Crippen molar-refractivity contribution in [3.05, 3.63) is 107 Å². The van der Waals surface area contributed by atoms with Crippen molar-refractivity contribution in [1.29, 1.82) is 0 Å². The Bertz CT molecular complexity index is 1520. The van der Waals surface area contributed by atoms with Crippen LogP contribution in [0.5, 0.6) is 5.75 Å². The molecule has 4 rings (SSSR count). The van der Waals surface area contributed by atoms with Gasteiger partial charge in [0.25, 0.3) is 12.8 Å². The van der Waals surface area contributed by atoms with Crippen LogP contribution in [0.3, 0.4) is 0 Å². The number of ether oxygens (including phenoxy) is 2. The summed E-state index contributed by atoms with van der Waals surface area (Å²) >= 11 is -2.51. The van der Waals surface area contributed by atoms with Gasteiger partial charge in [-0.15, -0.1) is 0 Å². The molecule has 0 radical (unpaired) electrons. The summed E-state index contributed by atoms with van der Waals surface area (Å²) in [5.74, 6) is -2.42. The summed E-state index contributed by atoms with van der Waals surface area (Å²) in [5.41, 5.74) is 0.228. The first-order valence-electron chi connectivity index (χ1n) is 13.1. The number of benzene rings is 3. The Morgan fingerprint density at radius 2 is 1.00 bits per heavy atom. The smallest absolute Gasteiger partial charge is 0 e. The number of carboxylic acids is 2. The molecule has 3 aromatic rings. The first-order valence-corrected chi connectivity index (χ1v) is 16.5. The summed E-state index contributed by atoms with van der Waals surface area (Å²) in [6.07, 6.45) is -9.29. The van der Waals surface area contributed by atoms with E-state index >= 15 is 0 Å². The van der Waals surface area contributed by atoms with Gasteiger partial charge in [0.2, 0.25) is 0 Å².